The van der Waals surface area contributed by atoms with Crippen LogP contribution in [0.2, 0.25) is 0 Å². The van der Waals surface area contributed by atoms with Crippen molar-refractivity contribution in [2.75, 3.05) is 0 Å². The molecular formula is C12H9N5O2S2. The van der Waals surface area contributed by atoms with Crippen LogP contribution in [0.25, 0.3) is 0 Å². The normalized spacial score (nSPS) is 10.7. The van der Waals surface area contributed by atoms with E-state index >= 15 is 0 Å². The smallest absolute Gasteiger partial charge is 0.347 e. The standard InChI is InChI=1S/C12H9N5O2S2/c18-10(19)9-6-13-12(20-9)21-11-14-16-17(15-11)7-8-4-2-1-3-5-8/h1-6H,7H2,(H,18,19). The van der Waals surface area contributed by atoms with E-state index in [-0.39, 0.29) is 4.88 Å². The van der Waals surface area contributed by atoms with Crippen LogP contribution in [0.5, 0.6) is 0 Å². The minimum absolute atomic E-state index is 0.189. The topological polar surface area (TPSA) is 93.8 Å². The van der Waals surface area contributed by atoms with Crippen LogP contribution < -0.4 is 0 Å². The van der Waals surface area contributed by atoms with Gasteiger partial charge in [0.05, 0.1) is 12.7 Å². The third-order valence-electron chi connectivity index (χ3n) is 2.48. The summed E-state index contributed by atoms with van der Waals surface area (Å²) in [6.07, 6.45) is 1.32. The number of hydrogen-bond donors (Lipinski definition) is 1. The van der Waals surface area contributed by atoms with E-state index in [1.165, 1.54) is 22.8 Å². The van der Waals surface area contributed by atoms with Gasteiger partial charge in [0.15, 0.2) is 4.34 Å². The summed E-state index contributed by atoms with van der Waals surface area (Å²) in [5.41, 5.74) is 1.08. The quantitative estimate of drug-likeness (QED) is 0.769. The fourth-order valence-corrected chi connectivity index (χ4v) is 3.19. The molecule has 9 heteroatoms. The second kappa shape index (κ2) is 6.02. The van der Waals surface area contributed by atoms with E-state index in [0.717, 1.165) is 16.9 Å². The minimum atomic E-state index is -0.986. The number of nitrogens with zero attached hydrogens (tertiary/aromatic N) is 5. The molecule has 0 spiro atoms. The van der Waals surface area contributed by atoms with Gasteiger partial charge in [-0.3, -0.25) is 0 Å². The van der Waals surface area contributed by atoms with Crippen molar-refractivity contribution in [3.63, 3.8) is 0 Å². The second-order valence-corrected chi connectivity index (χ2v) is 6.23. The summed E-state index contributed by atoms with van der Waals surface area (Å²) in [6, 6.07) is 9.81. The third kappa shape index (κ3) is 3.44. The first-order chi connectivity index (χ1) is 10.2. The predicted molar refractivity (Wildman–Crippen MR) is 76.6 cm³/mol. The average Bonchev–Trinajstić information content (AvgIpc) is 3.10. The highest BCUT2D eigenvalue weighted by Crippen LogP contribution is 2.28. The van der Waals surface area contributed by atoms with Gasteiger partial charge >= 0.3 is 5.97 Å². The Morgan fingerprint density at radius 2 is 2.14 bits per heavy atom. The number of rotatable bonds is 5. The molecule has 0 fully saturated rings. The van der Waals surface area contributed by atoms with Gasteiger partial charge in [0.2, 0.25) is 5.16 Å². The van der Waals surface area contributed by atoms with Crippen LogP contribution in [0.4, 0.5) is 0 Å². The van der Waals surface area contributed by atoms with E-state index in [4.69, 9.17) is 5.11 Å². The van der Waals surface area contributed by atoms with Gasteiger partial charge in [0.1, 0.15) is 4.88 Å². The van der Waals surface area contributed by atoms with Crippen LogP contribution >= 0.6 is 23.1 Å². The number of thiazole rings is 1. The summed E-state index contributed by atoms with van der Waals surface area (Å²) >= 11 is 2.28. The van der Waals surface area contributed by atoms with Crippen LogP contribution in [0.3, 0.4) is 0 Å². The lowest BCUT2D eigenvalue weighted by atomic mass is 10.2. The van der Waals surface area contributed by atoms with E-state index < -0.39 is 5.97 Å². The summed E-state index contributed by atoms with van der Waals surface area (Å²) in [5, 5.41) is 21.4. The van der Waals surface area contributed by atoms with Crippen molar-refractivity contribution in [3.8, 4) is 0 Å². The zero-order chi connectivity index (χ0) is 14.7. The third-order valence-corrected chi connectivity index (χ3v) is 4.38. The Morgan fingerprint density at radius 3 is 2.86 bits per heavy atom. The molecule has 0 aliphatic heterocycles. The van der Waals surface area contributed by atoms with Crippen LogP contribution in [0, 0.1) is 0 Å². The minimum Gasteiger partial charge on any atom is -0.477 e. The predicted octanol–water partition coefficient (Wildman–Crippen LogP) is 2.03. The van der Waals surface area contributed by atoms with E-state index in [1.54, 1.807) is 0 Å². The Bertz CT molecular complexity index is 756. The molecule has 0 unspecified atom stereocenters. The first-order valence-electron chi connectivity index (χ1n) is 5.89. The summed E-state index contributed by atoms with van der Waals surface area (Å²) in [7, 11) is 0. The molecule has 21 heavy (non-hydrogen) atoms. The molecule has 106 valence electrons. The fourth-order valence-electron chi connectivity index (χ4n) is 1.57. The van der Waals surface area contributed by atoms with Crippen molar-refractivity contribution in [1.82, 2.24) is 25.2 Å². The molecule has 0 aliphatic carbocycles. The van der Waals surface area contributed by atoms with Crippen LogP contribution in [0.1, 0.15) is 15.2 Å². The summed E-state index contributed by atoms with van der Waals surface area (Å²) < 4.78 is 0.576. The lowest BCUT2D eigenvalue weighted by Crippen LogP contribution is -2.03. The SMILES string of the molecule is O=C(O)c1cnc(Sc2nnn(Cc3ccccc3)n2)s1. The van der Waals surface area contributed by atoms with Gasteiger partial charge in [0, 0.05) is 0 Å². The number of aromatic nitrogens is 5. The molecule has 0 bridgehead atoms. The summed E-state index contributed by atoms with van der Waals surface area (Å²) in [5.74, 6) is -0.986. The van der Waals surface area contributed by atoms with Crippen molar-refractivity contribution < 1.29 is 9.90 Å². The molecule has 2 heterocycles. The van der Waals surface area contributed by atoms with E-state index in [2.05, 4.69) is 20.4 Å². The van der Waals surface area contributed by atoms with E-state index in [9.17, 15) is 4.79 Å². The highest BCUT2D eigenvalue weighted by atomic mass is 32.2. The van der Waals surface area contributed by atoms with E-state index in [1.807, 2.05) is 30.3 Å². The number of carboxylic acid groups (broad SMARTS) is 1. The fraction of sp³-hybridized carbons (Fsp3) is 0.0833. The van der Waals surface area contributed by atoms with Gasteiger partial charge < -0.3 is 5.11 Å². The van der Waals surface area contributed by atoms with Gasteiger partial charge in [0.25, 0.3) is 0 Å². The average molecular weight is 319 g/mol. The van der Waals surface area contributed by atoms with Crippen molar-refractivity contribution >= 4 is 29.1 Å². The second-order valence-electron chi connectivity index (χ2n) is 3.99. The lowest BCUT2D eigenvalue weighted by Gasteiger charge is -1.97. The molecular weight excluding hydrogens is 310 g/mol. The zero-order valence-electron chi connectivity index (χ0n) is 10.6. The van der Waals surface area contributed by atoms with E-state index in [0.29, 0.717) is 16.0 Å². The van der Waals surface area contributed by atoms with Gasteiger partial charge in [-0.15, -0.1) is 21.5 Å². The largest absolute Gasteiger partial charge is 0.477 e. The summed E-state index contributed by atoms with van der Waals surface area (Å²) in [4.78, 5) is 16.5. The number of benzene rings is 1. The lowest BCUT2D eigenvalue weighted by molar-refractivity contribution is 0.0702. The highest BCUT2D eigenvalue weighted by Gasteiger charge is 2.12. The number of carbonyl (C=O) groups is 1. The van der Waals surface area contributed by atoms with Crippen molar-refractivity contribution in [2.24, 2.45) is 0 Å². The molecule has 1 N–H and O–H groups in total. The number of tetrazole rings is 1. The molecule has 0 amide bonds. The first-order valence-corrected chi connectivity index (χ1v) is 7.53. The molecule has 0 atom stereocenters. The number of aromatic carboxylic acids is 1. The van der Waals surface area contributed by atoms with Crippen molar-refractivity contribution in [2.45, 2.75) is 16.0 Å². The number of hydrogen-bond acceptors (Lipinski definition) is 7. The van der Waals surface area contributed by atoms with Gasteiger partial charge in [-0.25, -0.2) is 9.78 Å². The highest BCUT2D eigenvalue weighted by molar-refractivity contribution is 8.00. The van der Waals surface area contributed by atoms with Crippen molar-refractivity contribution in [3.05, 3.63) is 47.0 Å². The van der Waals surface area contributed by atoms with Crippen LogP contribution in [-0.2, 0) is 6.54 Å². The monoisotopic (exact) mass is 319 g/mol. The molecule has 0 saturated heterocycles. The molecule has 0 aliphatic rings. The van der Waals surface area contributed by atoms with Crippen LogP contribution in [0.15, 0.2) is 46.0 Å². The Morgan fingerprint density at radius 1 is 1.33 bits per heavy atom. The number of carboxylic acids is 1. The zero-order valence-corrected chi connectivity index (χ0v) is 12.2. The molecule has 3 aromatic rings. The summed E-state index contributed by atoms with van der Waals surface area (Å²) in [6.45, 7) is 0.534. The van der Waals surface area contributed by atoms with Gasteiger partial charge in [-0.05, 0) is 22.5 Å². The molecule has 1 aromatic carbocycles. The Hall–Kier alpha value is -2.26. The first kappa shape index (κ1) is 13.7. The maximum absolute atomic E-state index is 10.8. The van der Waals surface area contributed by atoms with Gasteiger partial charge in [-0.2, -0.15) is 4.80 Å². The molecule has 0 saturated carbocycles. The Kier molecular flexibility index (Phi) is 3.93. The molecule has 0 radical (unpaired) electrons. The Balaban J connectivity index is 1.68. The Labute approximate surface area is 127 Å². The van der Waals surface area contributed by atoms with Gasteiger partial charge in [-0.1, -0.05) is 30.3 Å². The molecule has 3 rings (SSSR count). The van der Waals surface area contributed by atoms with Crippen LogP contribution in [-0.4, -0.2) is 36.3 Å². The maximum atomic E-state index is 10.8. The molecule has 2 aromatic heterocycles. The maximum Gasteiger partial charge on any atom is 0.347 e. The molecule has 7 nitrogen and oxygen atoms in total. The van der Waals surface area contributed by atoms with Crippen molar-refractivity contribution in [1.29, 1.82) is 0 Å².